The number of Topliss-reactive ketones (excluding diaryl/α,β-unsaturated/α-hetero) is 1. The molecule has 0 unspecified atom stereocenters. The van der Waals surface area contributed by atoms with E-state index in [-0.39, 0.29) is 5.78 Å². The molecule has 0 radical (unpaired) electrons. The van der Waals surface area contributed by atoms with Gasteiger partial charge in [-0.1, -0.05) is 0 Å². The highest BCUT2D eigenvalue weighted by Crippen LogP contribution is 2.15. The number of hydrogen-bond acceptors (Lipinski definition) is 2. The number of carbonyl (C=O) groups excluding carboxylic acids is 1. The summed E-state index contributed by atoms with van der Waals surface area (Å²) in [5, 5.41) is 0. The third-order valence-corrected chi connectivity index (χ3v) is 1.60. The van der Waals surface area contributed by atoms with Gasteiger partial charge in [-0.05, 0) is 19.3 Å². The van der Waals surface area contributed by atoms with Crippen molar-refractivity contribution in [2.45, 2.75) is 19.8 Å². The Bertz CT molecular complexity index is 103. The van der Waals surface area contributed by atoms with E-state index in [0.29, 0.717) is 12.3 Å². The molecule has 1 saturated heterocycles. The van der Waals surface area contributed by atoms with Crippen LogP contribution in [0.2, 0.25) is 0 Å². The highest BCUT2D eigenvalue weighted by atomic mass is 16.5. The molecule has 1 rings (SSSR count). The summed E-state index contributed by atoms with van der Waals surface area (Å²) < 4.78 is 5.11. The molecule has 0 bridgehead atoms. The van der Waals surface area contributed by atoms with Crippen LogP contribution in [-0.4, -0.2) is 19.0 Å². The normalized spacial score (nSPS) is 26.6. The van der Waals surface area contributed by atoms with E-state index in [9.17, 15) is 4.79 Å². The molecule has 2 nitrogen and oxygen atoms in total. The first-order valence-corrected chi connectivity index (χ1v) is 3.36. The SMILES string of the molecule is CC(=O)C[C@H]1CCOC1. The van der Waals surface area contributed by atoms with Crippen molar-refractivity contribution in [2.24, 2.45) is 5.92 Å². The van der Waals surface area contributed by atoms with Gasteiger partial charge in [0.2, 0.25) is 0 Å². The van der Waals surface area contributed by atoms with Crippen LogP contribution in [0, 0.1) is 5.92 Å². The van der Waals surface area contributed by atoms with Crippen molar-refractivity contribution in [1.82, 2.24) is 0 Å². The van der Waals surface area contributed by atoms with Gasteiger partial charge in [0.25, 0.3) is 0 Å². The standard InChI is InChI=1S/C7H12O2/c1-6(8)4-7-2-3-9-5-7/h7H,2-5H2,1H3/t7-/m1/s1. The molecule has 0 saturated carbocycles. The number of hydrogen-bond donors (Lipinski definition) is 0. The van der Waals surface area contributed by atoms with E-state index in [1.165, 1.54) is 0 Å². The quantitative estimate of drug-likeness (QED) is 0.554. The average Bonchev–Trinajstić information content (AvgIpc) is 2.15. The first-order chi connectivity index (χ1) is 4.29. The fourth-order valence-electron chi connectivity index (χ4n) is 1.15. The molecule has 1 aliphatic heterocycles. The van der Waals surface area contributed by atoms with Crippen molar-refractivity contribution in [3.05, 3.63) is 0 Å². The monoisotopic (exact) mass is 128 g/mol. The van der Waals surface area contributed by atoms with E-state index < -0.39 is 0 Å². The summed E-state index contributed by atoms with van der Waals surface area (Å²) in [5.74, 6) is 0.799. The van der Waals surface area contributed by atoms with E-state index >= 15 is 0 Å². The summed E-state index contributed by atoms with van der Waals surface area (Å²) >= 11 is 0. The van der Waals surface area contributed by atoms with Crippen LogP contribution in [0.25, 0.3) is 0 Å². The topological polar surface area (TPSA) is 26.3 Å². The first-order valence-electron chi connectivity index (χ1n) is 3.36. The van der Waals surface area contributed by atoms with E-state index in [1.807, 2.05) is 0 Å². The molecule has 2 heteroatoms. The lowest BCUT2D eigenvalue weighted by Crippen LogP contribution is -2.04. The molecular formula is C7H12O2. The lowest BCUT2D eigenvalue weighted by Gasteiger charge is -2.00. The second-order valence-electron chi connectivity index (χ2n) is 2.64. The summed E-state index contributed by atoms with van der Waals surface area (Å²) in [6.07, 6.45) is 1.78. The predicted octanol–water partition coefficient (Wildman–Crippen LogP) is 1.00. The van der Waals surface area contributed by atoms with Crippen LogP contribution in [-0.2, 0) is 9.53 Å². The van der Waals surface area contributed by atoms with Crippen molar-refractivity contribution in [3.63, 3.8) is 0 Å². The summed E-state index contributed by atoms with van der Waals surface area (Å²) in [7, 11) is 0. The summed E-state index contributed by atoms with van der Waals surface area (Å²) in [5.41, 5.74) is 0. The molecule has 0 aromatic carbocycles. The third-order valence-electron chi connectivity index (χ3n) is 1.60. The maximum absolute atomic E-state index is 10.5. The van der Waals surface area contributed by atoms with Crippen LogP contribution >= 0.6 is 0 Å². The maximum atomic E-state index is 10.5. The molecule has 52 valence electrons. The zero-order chi connectivity index (χ0) is 6.69. The van der Waals surface area contributed by atoms with Crippen molar-refractivity contribution in [3.8, 4) is 0 Å². The molecule has 1 heterocycles. The molecular weight excluding hydrogens is 116 g/mol. The van der Waals surface area contributed by atoms with E-state index in [1.54, 1.807) is 6.92 Å². The highest BCUT2D eigenvalue weighted by molar-refractivity contribution is 5.75. The van der Waals surface area contributed by atoms with Gasteiger partial charge in [0.15, 0.2) is 0 Å². The number of ketones is 1. The van der Waals surface area contributed by atoms with Crippen LogP contribution in [0.4, 0.5) is 0 Å². The number of ether oxygens (including phenoxy) is 1. The minimum absolute atomic E-state index is 0.283. The Morgan fingerprint density at radius 3 is 3.00 bits per heavy atom. The molecule has 0 aromatic rings. The highest BCUT2D eigenvalue weighted by Gasteiger charge is 2.16. The van der Waals surface area contributed by atoms with Gasteiger partial charge in [-0.25, -0.2) is 0 Å². The summed E-state index contributed by atoms with van der Waals surface area (Å²) in [6, 6.07) is 0. The van der Waals surface area contributed by atoms with Gasteiger partial charge in [0.1, 0.15) is 5.78 Å². The van der Waals surface area contributed by atoms with Crippen LogP contribution in [0.3, 0.4) is 0 Å². The Labute approximate surface area is 55.2 Å². The van der Waals surface area contributed by atoms with Gasteiger partial charge >= 0.3 is 0 Å². The molecule has 0 amide bonds. The largest absolute Gasteiger partial charge is 0.381 e. The Morgan fingerprint density at radius 1 is 1.78 bits per heavy atom. The lowest BCUT2D eigenvalue weighted by atomic mass is 10.0. The zero-order valence-corrected chi connectivity index (χ0v) is 5.72. The molecule has 0 N–H and O–H groups in total. The molecule has 9 heavy (non-hydrogen) atoms. The molecule has 1 fully saturated rings. The van der Waals surface area contributed by atoms with Gasteiger partial charge in [-0.2, -0.15) is 0 Å². The summed E-state index contributed by atoms with van der Waals surface area (Å²) in [6.45, 7) is 3.27. The van der Waals surface area contributed by atoms with Crippen LogP contribution in [0.1, 0.15) is 19.8 Å². The fourth-order valence-corrected chi connectivity index (χ4v) is 1.15. The Morgan fingerprint density at radius 2 is 2.56 bits per heavy atom. The minimum Gasteiger partial charge on any atom is -0.381 e. The number of rotatable bonds is 2. The second kappa shape index (κ2) is 2.97. The summed E-state index contributed by atoms with van der Waals surface area (Å²) in [4.78, 5) is 10.5. The van der Waals surface area contributed by atoms with Crippen LogP contribution in [0.5, 0.6) is 0 Å². The van der Waals surface area contributed by atoms with E-state index in [4.69, 9.17) is 4.74 Å². The van der Waals surface area contributed by atoms with Gasteiger partial charge in [-0.15, -0.1) is 0 Å². The molecule has 1 aliphatic rings. The van der Waals surface area contributed by atoms with Crippen molar-refractivity contribution in [2.75, 3.05) is 13.2 Å². The zero-order valence-electron chi connectivity index (χ0n) is 5.72. The van der Waals surface area contributed by atoms with Crippen molar-refractivity contribution >= 4 is 5.78 Å². The molecule has 1 atom stereocenters. The molecule has 0 aliphatic carbocycles. The second-order valence-corrected chi connectivity index (χ2v) is 2.64. The maximum Gasteiger partial charge on any atom is 0.130 e. The minimum atomic E-state index is 0.283. The van der Waals surface area contributed by atoms with Gasteiger partial charge in [0, 0.05) is 19.6 Å². The Balaban J connectivity index is 2.19. The fraction of sp³-hybridized carbons (Fsp3) is 0.857. The Kier molecular flexibility index (Phi) is 2.22. The van der Waals surface area contributed by atoms with E-state index in [2.05, 4.69) is 0 Å². The van der Waals surface area contributed by atoms with Gasteiger partial charge < -0.3 is 9.53 Å². The smallest absolute Gasteiger partial charge is 0.130 e. The predicted molar refractivity (Wildman–Crippen MR) is 34.2 cm³/mol. The van der Waals surface area contributed by atoms with Crippen LogP contribution in [0.15, 0.2) is 0 Å². The molecule has 0 spiro atoms. The third kappa shape index (κ3) is 2.14. The van der Waals surface area contributed by atoms with Gasteiger partial charge in [0.05, 0.1) is 0 Å². The first kappa shape index (κ1) is 6.75. The Hall–Kier alpha value is -0.370. The lowest BCUT2D eigenvalue weighted by molar-refractivity contribution is -0.117. The molecule has 0 aromatic heterocycles. The van der Waals surface area contributed by atoms with Gasteiger partial charge in [-0.3, -0.25) is 0 Å². The van der Waals surface area contributed by atoms with Crippen molar-refractivity contribution < 1.29 is 9.53 Å². The average molecular weight is 128 g/mol. The van der Waals surface area contributed by atoms with Crippen molar-refractivity contribution in [1.29, 1.82) is 0 Å². The number of carbonyl (C=O) groups is 1. The van der Waals surface area contributed by atoms with E-state index in [0.717, 1.165) is 19.6 Å². The van der Waals surface area contributed by atoms with Crippen LogP contribution < -0.4 is 0 Å².